The lowest BCUT2D eigenvalue weighted by Crippen LogP contribution is -1.97. The van der Waals surface area contributed by atoms with E-state index < -0.39 is 0 Å². The number of rotatable bonds is 10. The van der Waals surface area contributed by atoms with Crippen molar-refractivity contribution in [3.8, 4) is 5.75 Å². The minimum absolute atomic E-state index is 0.800. The van der Waals surface area contributed by atoms with Gasteiger partial charge in [-0.05, 0) is 49.3 Å². The van der Waals surface area contributed by atoms with Crippen LogP contribution in [0, 0.1) is 6.92 Å². The number of benzene rings is 1. The fraction of sp³-hybridized carbons (Fsp3) is 0.625. The monoisotopic (exact) mass is 300 g/mol. The molecule has 0 N–H and O–H groups in total. The lowest BCUT2D eigenvalue weighted by molar-refractivity contribution is 0.304. The molecular weight excluding hydrogens is 276 g/mol. The molecule has 0 fully saturated rings. The normalized spacial score (nSPS) is 10.7. The summed E-state index contributed by atoms with van der Waals surface area (Å²) in [7, 11) is 0. The molecular formula is C16H25ClOS. The van der Waals surface area contributed by atoms with Gasteiger partial charge >= 0.3 is 0 Å². The fourth-order valence-electron chi connectivity index (χ4n) is 1.99. The van der Waals surface area contributed by atoms with Crippen molar-refractivity contribution in [1.82, 2.24) is 0 Å². The second-order valence-corrected chi connectivity index (χ2v) is 5.81. The summed E-state index contributed by atoms with van der Waals surface area (Å²) in [5.41, 5.74) is 1.07. The highest BCUT2D eigenvalue weighted by molar-refractivity contribution is 7.80. The molecule has 108 valence electrons. The largest absolute Gasteiger partial charge is 0.494 e. The van der Waals surface area contributed by atoms with Gasteiger partial charge in [0.2, 0.25) is 0 Å². The third-order valence-corrected chi connectivity index (χ3v) is 3.94. The molecule has 0 radical (unpaired) electrons. The molecule has 0 aliphatic carbocycles. The van der Waals surface area contributed by atoms with E-state index in [9.17, 15) is 0 Å². The molecule has 0 aliphatic rings. The number of hydrogen-bond donors (Lipinski definition) is 1. The molecule has 0 aromatic heterocycles. The van der Waals surface area contributed by atoms with Crippen LogP contribution in [-0.4, -0.2) is 12.4 Å². The van der Waals surface area contributed by atoms with E-state index in [-0.39, 0.29) is 0 Å². The van der Waals surface area contributed by atoms with Gasteiger partial charge in [-0.25, -0.2) is 0 Å². The van der Waals surface area contributed by atoms with Gasteiger partial charge in [0, 0.05) is 5.02 Å². The van der Waals surface area contributed by atoms with E-state index in [4.69, 9.17) is 16.3 Å². The third-order valence-electron chi connectivity index (χ3n) is 3.20. The fourth-order valence-corrected chi connectivity index (χ4v) is 2.34. The van der Waals surface area contributed by atoms with Gasteiger partial charge in [-0.3, -0.25) is 0 Å². The Kier molecular flexibility index (Phi) is 9.19. The van der Waals surface area contributed by atoms with Gasteiger partial charge < -0.3 is 4.74 Å². The van der Waals surface area contributed by atoms with Crippen LogP contribution in [0.15, 0.2) is 18.2 Å². The van der Waals surface area contributed by atoms with E-state index in [0.717, 1.165) is 35.1 Å². The van der Waals surface area contributed by atoms with Crippen LogP contribution in [0.5, 0.6) is 5.75 Å². The predicted molar refractivity (Wildman–Crippen MR) is 87.9 cm³/mol. The summed E-state index contributed by atoms with van der Waals surface area (Å²) in [5.74, 6) is 1.95. The molecule has 0 heterocycles. The minimum Gasteiger partial charge on any atom is -0.494 e. The van der Waals surface area contributed by atoms with Crippen LogP contribution in [0.25, 0.3) is 0 Å². The van der Waals surface area contributed by atoms with Crippen molar-refractivity contribution in [2.24, 2.45) is 0 Å². The van der Waals surface area contributed by atoms with Crippen molar-refractivity contribution in [1.29, 1.82) is 0 Å². The first-order valence-corrected chi connectivity index (χ1v) is 8.25. The van der Waals surface area contributed by atoms with E-state index in [1.54, 1.807) is 0 Å². The van der Waals surface area contributed by atoms with Gasteiger partial charge in [-0.2, -0.15) is 12.6 Å². The number of thiol groups is 1. The molecule has 1 aromatic rings. The number of unbranched alkanes of at least 4 members (excludes halogenated alkanes) is 6. The Morgan fingerprint density at radius 1 is 1.00 bits per heavy atom. The van der Waals surface area contributed by atoms with Crippen LogP contribution in [0.1, 0.15) is 50.5 Å². The average molecular weight is 301 g/mol. The zero-order chi connectivity index (χ0) is 13.9. The molecule has 1 aromatic carbocycles. The number of hydrogen-bond acceptors (Lipinski definition) is 2. The van der Waals surface area contributed by atoms with Crippen molar-refractivity contribution in [3.05, 3.63) is 28.8 Å². The molecule has 19 heavy (non-hydrogen) atoms. The van der Waals surface area contributed by atoms with Crippen molar-refractivity contribution >= 4 is 24.2 Å². The van der Waals surface area contributed by atoms with Crippen LogP contribution < -0.4 is 4.74 Å². The maximum Gasteiger partial charge on any atom is 0.119 e. The van der Waals surface area contributed by atoms with E-state index in [1.165, 1.54) is 38.5 Å². The Bertz CT molecular complexity index is 355. The predicted octanol–water partition coefficient (Wildman–Crippen LogP) is 5.69. The number of aryl methyl sites for hydroxylation is 1. The number of halogens is 1. The van der Waals surface area contributed by atoms with Gasteiger partial charge in [0.15, 0.2) is 0 Å². The zero-order valence-electron chi connectivity index (χ0n) is 11.8. The molecule has 0 atom stereocenters. The van der Waals surface area contributed by atoms with Crippen LogP contribution in [0.2, 0.25) is 5.02 Å². The maximum absolute atomic E-state index is 5.97. The van der Waals surface area contributed by atoms with Crippen LogP contribution >= 0.6 is 24.2 Å². The van der Waals surface area contributed by atoms with Gasteiger partial charge in [0.1, 0.15) is 5.75 Å². The molecule has 0 saturated heterocycles. The summed E-state index contributed by atoms with van der Waals surface area (Å²) in [4.78, 5) is 0. The second kappa shape index (κ2) is 10.4. The Hall–Kier alpha value is -0.340. The van der Waals surface area contributed by atoms with Gasteiger partial charge in [-0.1, -0.05) is 43.7 Å². The topological polar surface area (TPSA) is 9.23 Å². The standard InChI is InChI=1S/C16H25ClOS/c1-14-13-15(9-10-16(14)17)18-11-7-5-3-2-4-6-8-12-19/h9-10,13,19H,2-8,11-12H2,1H3. The first kappa shape index (κ1) is 16.7. The van der Waals surface area contributed by atoms with Crippen molar-refractivity contribution in [2.75, 3.05) is 12.4 Å². The SMILES string of the molecule is Cc1cc(OCCCCCCCCCS)ccc1Cl. The molecule has 1 rings (SSSR count). The Balaban J connectivity index is 2.00. The van der Waals surface area contributed by atoms with E-state index >= 15 is 0 Å². The maximum atomic E-state index is 5.97. The molecule has 0 amide bonds. The zero-order valence-corrected chi connectivity index (χ0v) is 13.5. The molecule has 3 heteroatoms. The van der Waals surface area contributed by atoms with Gasteiger partial charge in [-0.15, -0.1) is 0 Å². The second-order valence-electron chi connectivity index (χ2n) is 4.96. The van der Waals surface area contributed by atoms with E-state index in [2.05, 4.69) is 12.6 Å². The average Bonchev–Trinajstić information content (AvgIpc) is 2.41. The van der Waals surface area contributed by atoms with Crippen molar-refractivity contribution in [3.63, 3.8) is 0 Å². The number of ether oxygens (including phenoxy) is 1. The molecule has 0 bridgehead atoms. The highest BCUT2D eigenvalue weighted by Crippen LogP contribution is 2.21. The quantitative estimate of drug-likeness (QED) is 0.431. The first-order chi connectivity index (χ1) is 9.24. The summed E-state index contributed by atoms with van der Waals surface area (Å²) < 4.78 is 5.72. The van der Waals surface area contributed by atoms with Crippen molar-refractivity contribution < 1.29 is 4.74 Å². The Morgan fingerprint density at radius 2 is 1.63 bits per heavy atom. The molecule has 1 nitrogen and oxygen atoms in total. The molecule has 0 spiro atoms. The first-order valence-electron chi connectivity index (χ1n) is 7.24. The third kappa shape index (κ3) is 7.74. The molecule has 0 saturated carbocycles. The van der Waals surface area contributed by atoms with Crippen LogP contribution in [0.3, 0.4) is 0 Å². The van der Waals surface area contributed by atoms with Gasteiger partial charge in [0.05, 0.1) is 6.61 Å². The Labute approximate surface area is 128 Å². The highest BCUT2D eigenvalue weighted by Gasteiger charge is 1.98. The van der Waals surface area contributed by atoms with Crippen molar-refractivity contribution in [2.45, 2.75) is 51.9 Å². The summed E-state index contributed by atoms with van der Waals surface area (Å²) in [5, 5.41) is 0.800. The molecule has 0 unspecified atom stereocenters. The summed E-state index contributed by atoms with van der Waals surface area (Å²) >= 11 is 10.2. The highest BCUT2D eigenvalue weighted by atomic mass is 35.5. The smallest absolute Gasteiger partial charge is 0.119 e. The minimum atomic E-state index is 0.800. The molecule has 0 aliphatic heterocycles. The summed E-state index contributed by atoms with van der Waals surface area (Å²) in [6, 6.07) is 5.83. The van der Waals surface area contributed by atoms with Crippen LogP contribution in [-0.2, 0) is 0 Å². The van der Waals surface area contributed by atoms with E-state index in [0.29, 0.717) is 0 Å². The lowest BCUT2D eigenvalue weighted by atomic mass is 10.1. The van der Waals surface area contributed by atoms with E-state index in [1.807, 2.05) is 25.1 Å². The Morgan fingerprint density at radius 3 is 2.26 bits per heavy atom. The van der Waals surface area contributed by atoms with Gasteiger partial charge in [0.25, 0.3) is 0 Å². The summed E-state index contributed by atoms with van der Waals surface area (Å²) in [6.07, 6.45) is 8.97. The lowest BCUT2D eigenvalue weighted by Gasteiger charge is -2.07. The van der Waals surface area contributed by atoms with Crippen LogP contribution in [0.4, 0.5) is 0 Å². The summed E-state index contributed by atoms with van der Waals surface area (Å²) in [6.45, 7) is 2.80.